The molecular weight excluding hydrogens is 322 g/mol. The fraction of sp³-hybridized carbons (Fsp3) is 0.667. The zero-order valence-electron chi connectivity index (χ0n) is 12.5. The highest BCUT2D eigenvalue weighted by Gasteiger charge is 2.12. The molecule has 0 atom stereocenters. The van der Waals surface area contributed by atoms with Crippen LogP contribution in [0.2, 0.25) is 0 Å². The summed E-state index contributed by atoms with van der Waals surface area (Å²) in [6.07, 6.45) is 4.06. The van der Waals surface area contributed by atoms with Crippen LogP contribution in [0.5, 0.6) is 0 Å². The summed E-state index contributed by atoms with van der Waals surface area (Å²) in [6.45, 7) is 15.4. The number of hydrogen-bond donors (Lipinski definition) is 0. The minimum atomic E-state index is 0.197. The molecule has 0 aliphatic rings. The summed E-state index contributed by atoms with van der Waals surface area (Å²) < 4.78 is 0.826. The first-order valence-corrected chi connectivity index (χ1v) is 8.37. The van der Waals surface area contributed by atoms with Crippen LogP contribution in [0.4, 0.5) is 0 Å². The van der Waals surface area contributed by atoms with E-state index in [1.807, 2.05) is 0 Å². The Labute approximate surface area is 130 Å². The van der Waals surface area contributed by atoms with Gasteiger partial charge in [-0.2, -0.15) is 0 Å². The molecule has 0 aromatic heterocycles. The second-order valence-corrected chi connectivity index (χ2v) is 7.96. The molecule has 0 spiro atoms. The van der Waals surface area contributed by atoms with Gasteiger partial charge in [0, 0.05) is 26.1 Å². The Kier molecular flexibility index (Phi) is 10.7. The summed E-state index contributed by atoms with van der Waals surface area (Å²) in [7, 11) is 0. The molecule has 0 amide bonds. The van der Waals surface area contributed by atoms with E-state index in [2.05, 4.69) is 55.1 Å². The third-order valence-corrected chi connectivity index (χ3v) is 3.85. The summed E-state index contributed by atoms with van der Waals surface area (Å²) in [5.74, 6) is 1.27. The molecule has 0 heterocycles. The largest absolute Gasteiger partial charge is 0.302 e. The van der Waals surface area contributed by atoms with Crippen molar-refractivity contribution in [1.29, 1.82) is 0 Å². The number of carbonyl (C=O) groups is 1. The maximum absolute atomic E-state index is 11.8. The Hall–Kier alpha value is -0.0600. The van der Waals surface area contributed by atoms with Gasteiger partial charge >= 0.3 is 0 Å². The first kappa shape index (κ1) is 18.9. The molecule has 19 heavy (non-hydrogen) atoms. The summed E-state index contributed by atoms with van der Waals surface area (Å²) in [5, 5.41) is 0.197. The normalized spacial score (nSPS) is 12.5. The lowest BCUT2D eigenvalue weighted by atomic mass is 10.1. The van der Waals surface area contributed by atoms with Crippen molar-refractivity contribution >= 4 is 32.8 Å². The van der Waals surface area contributed by atoms with Crippen molar-refractivity contribution < 1.29 is 4.79 Å². The number of allylic oxidation sites excluding steroid dienone is 2. The van der Waals surface area contributed by atoms with E-state index in [1.165, 1.54) is 11.8 Å². The molecule has 0 unspecified atom stereocenters. The number of halogens is 1. The van der Waals surface area contributed by atoms with E-state index in [1.54, 1.807) is 12.2 Å². The highest BCUT2D eigenvalue weighted by atomic mass is 79.9. The van der Waals surface area contributed by atoms with Gasteiger partial charge < -0.3 is 4.90 Å². The number of nitrogens with zero attached hydrogens (tertiary/aromatic N) is 1. The maximum atomic E-state index is 11.8. The van der Waals surface area contributed by atoms with Gasteiger partial charge in [0.25, 0.3) is 0 Å². The van der Waals surface area contributed by atoms with Crippen LogP contribution in [0.3, 0.4) is 0 Å². The van der Waals surface area contributed by atoms with Crippen molar-refractivity contribution in [2.45, 2.75) is 34.1 Å². The quantitative estimate of drug-likeness (QED) is 0.565. The second kappa shape index (κ2) is 10.7. The molecule has 0 radical (unpaired) electrons. The Morgan fingerprint density at radius 1 is 1.26 bits per heavy atom. The van der Waals surface area contributed by atoms with Crippen molar-refractivity contribution in [3.05, 3.63) is 22.5 Å². The number of thioether (sulfide) groups is 1. The lowest BCUT2D eigenvalue weighted by Gasteiger charge is -2.25. The molecule has 2 nitrogen and oxygen atoms in total. The topological polar surface area (TPSA) is 20.3 Å². The summed E-state index contributed by atoms with van der Waals surface area (Å²) in [4.78, 5) is 14.2. The molecule has 0 rings (SSSR count). The highest BCUT2D eigenvalue weighted by Crippen LogP contribution is 2.24. The number of carbonyl (C=O) groups excluding carboxylic acids is 1. The summed E-state index contributed by atoms with van der Waals surface area (Å²) in [6, 6.07) is 0. The fourth-order valence-electron chi connectivity index (χ4n) is 1.83. The third-order valence-electron chi connectivity index (χ3n) is 2.34. The molecule has 0 aromatic rings. The van der Waals surface area contributed by atoms with Gasteiger partial charge in [-0.3, -0.25) is 4.79 Å². The fourth-order valence-corrected chi connectivity index (χ4v) is 3.13. The lowest BCUT2D eigenvalue weighted by molar-refractivity contribution is -0.111. The van der Waals surface area contributed by atoms with Crippen molar-refractivity contribution in [1.82, 2.24) is 4.90 Å². The first-order chi connectivity index (χ1) is 8.85. The molecule has 4 heteroatoms. The Morgan fingerprint density at radius 3 is 2.21 bits per heavy atom. The van der Waals surface area contributed by atoms with Gasteiger partial charge in [-0.15, -0.1) is 0 Å². The van der Waals surface area contributed by atoms with Crippen molar-refractivity contribution in [2.75, 3.05) is 19.6 Å². The van der Waals surface area contributed by atoms with Gasteiger partial charge in [0.15, 0.2) is 5.12 Å². The Balaban J connectivity index is 4.18. The van der Waals surface area contributed by atoms with Crippen LogP contribution in [-0.4, -0.2) is 29.6 Å². The molecule has 0 fully saturated rings. The van der Waals surface area contributed by atoms with Crippen LogP contribution < -0.4 is 0 Å². The predicted molar refractivity (Wildman–Crippen MR) is 90.5 cm³/mol. The van der Waals surface area contributed by atoms with E-state index in [-0.39, 0.29) is 5.12 Å². The van der Waals surface area contributed by atoms with E-state index < -0.39 is 0 Å². The predicted octanol–water partition coefficient (Wildman–Crippen LogP) is 4.67. The van der Waals surface area contributed by atoms with E-state index in [0.717, 1.165) is 23.4 Å². The van der Waals surface area contributed by atoms with Gasteiger partial charge in [0.05, 0.1) is 3.81 Å². The van der Waals surface area contributed by atoms with Crippen LogP contribution in [0.1, 0.15) is 34.1 Å². The molecule has 0 aliphatic heterocycles. The van der Waals surface area contributed by atoms with E-state index in [9.17, 15) is 4.79 Å². The van der Waals surface area contributed by atoms with E-state index >= 15 is 0 Å². The van der Waals surface area contributed by atoms with E-state index in [4.69, 9.17) is 0 Å². The molecule has 0 saturated carbocycles. The van der Waals surface area contributed by atoms with Gasteiger partial charge in [-0.1, -0.05) is 40.3 Å². The van der Waals surface area contributed by atoms with Gasteiger partial charge in [-0.25, -0.2) is 0 Å². The van der Waals surface area contributed by atoms with Crippen LogP contribution in [0.25, 0.3) is 0 Å². The summed E-state index contributed by atoms with van der Waals surface area (Å²) in [5.41, 5.74) is 0. The lowest BCUT2D eigenvalue weighted by Crippen LogP contribution is -2.33. The molecule has 0 N–H and O–H groups in total. The van der Waals surface area contributed by atoms with Gasteiger partial charge in [-0.05, 0) is 45.6 Å². The Bertz CT molecular complexity index is 303. The third kappa shape index (κ3) is 11.5. The average Bonchev–Trinajstić information content (AvgIpc) is 2.24. The number of rotatable bonds is 9. The van der Waals surface area contributed by atoms with Gasteiger partial charge in [0.2, 0.25) is 0 Å². The van der Waals surface area contributed by atoms with Gasteiger partial charge in [0.1, 0.15) is 0 Å². The SMILES string of the molecule is C=C/C=C(/Br)SC(=O)CCN(CC(C)C)CC(C)C. The minimum absolute atomic E-state index is 0.197. The Morgan fingerprint density at radius 2 is 1.79 bits per heavy atom. The average molecular weight is 348 g/mol. The smallest absolute Gasteiger partial charge is 0.195 e. The highest BCUT2D eigenvalue weighted by molar-refractivity contribution is 9.14. The van der Waals surface area contributed by atoms with Crippen molar-refractivity contribution in [3.63, 3.8) is 0 Å². The van der Waals surface area contributed by atoms with E-state index in [0.29, 0.717) is 18.3 Å². The molecule has 110 valence electrons. The molecule has 0 saturated heterocycles. The van der Waals surface area contributed by atoms with Crippen LogP contribution in [0, 0.1) is 11.8 Å². The molecule has 0 bridgehead atoms. The number of hydrogen-bond acceptors (Lipinski definition) is 3. The monoisotopic (exact) mass is 347 g/mol. The van der Waals surface area contributed by atoms with Crippen LogP contribution in [0.15, 0.2) is 22.5 Å². The summed E-state index contributed by atoms with van der Waals surface area (Å²) >= 11 is 4.59. The standard InChI is InChI=1S/C15H26BrNOS/c1-6-7-14(16)19-15(18)8-9-17(10-12(2)3)11-13(4)5/h6-7,12-13H,1,8-11H2,2-5H3/b14-7-. The van der Waals surface area contributed by atoms with Crippen molar-refractivity contribution in [3.8, 4) is 0 Å². The molecular formula is C15H26BrNOS. The maximum Gasteiger partial charge on any atom is 0.195 e. The van der Waals surface area contributed by atoms with Crippen molar-refractivity contribution in [2.24, 2.45) is 11.8 Å². The zero-order valence-corrected chi connectivity index (χ0v) is 14.9. The van der Waals surface area contributed by atoms with Crippen LogP contribution in [-0.2, 0) is 4.79 Å². The van der Waals surface area contributed by atoms with Crippen LogP contribution >= 0.6 is 27.7 Å². The minimum Gasteiger partial charge on any atom is -0.302 e. The molecule has 0 aromatic carbocycles. The first-order valence-electron chi connectivity index (χ1n) is 6.76. The molecule has 0 aliphatic carbocycles. The zero-order chi connectivity index (χ0) is 14.8. The second-order valence-electron chi connectivity index (χ2n) is 5.48.